The molecular weight excluding hydrogens is 381 g/mol. The van der Waals surface area contributed by atoms with Gasteiger partial charge < -0.3 is 19.8 Å². The van der Waals surface area contributed by atoms with Crippen LogP contribution in [0.1, 0.15) is 15.9 Å². The fourth-order valence-corrected chi connectivity index (χ4v) is 2.71. The highest BCUT2D eigenvalue weighted by Crippen LogP contribution is 2.29. The third-order valence-corrected chi connectivity index (χ3v) is 4.25. The third-order valence-electron chi connectivity index (χ3n) is 4.25. The smallest absolute Gasteiger partial charge is 0.328 e. The molecule has 0 fully saturated rings. The zero-order valence-corrected chi connectivity index (χ0v) is 15.7. The Morgan fingerprint density at radius 1 is 1.14 bits per heavy atom. The summed E-state index contributed by atoms with van der Waals surface area (Å²) in [6.45, 7) is -0.312. The summed E-state index contributed by atoms with van der Waals surface area (Å²) < 4.78 is 25.0. The predicted octanol–water partition coefficient (Wildman–Crippen LogP) is 1.99. The van der Waals surface area contributed by atoms with E-state index < -0.39 is 23.0 Å². The normalized spacial score (nSPS) is 10.4. The molecule has 9 heteroatoms. The number of rotatable bonds is 6. The first-order valence-corrected chi connectivity index (χ1v) is 8.54. The second kappa shape index (κ2) is 8.42. The van der Waals surface area contributed by atoms with Gasteiger partial charge in [-0.2, -0.15) is 0 Å². The number of carbonyl (C=O) groups excluding carboxylic acids is 1. The molecule has 0 bridgehead atoms. The molecule has 0 aliphatic carbocycles. The molecule has 0 radical (unpaired) electrons. The molecule has 29 heavy (non-hydrogen) atoms. The van der Waals surface area contributed by atoms with Crippen molar-refractivity contribution < 1.29 is 18.7 Å². The SMILES string of the molecule is COc1ccc(NC(=O)c2c[nH]c(=O)n(Cc3ccccc3F)c2=O)c(OC)c1. The molecule has 0 aliphatic heterocycles. The van der Waals surface area contributed by atoms with E-state index in [9.17, 15) is 18.8 Å². The van der Waals surface area contributed by atoms with E-state index in [1.165, 1.54) is 32.4 Å². The van der Waals surface area contributed by atoms with Gasteiger partial charge in [0.1, 0.15) is 22.9 Å². The lowest BCUT2D eigenvalue weighted by atomic mass is 10.2. The fraction of sp³-hybridized carbons (Fsp3) is 0.150. The van der Waals surface area contributed by atoms with Gasteiger partial charge in [-0.15, -0.1) is 0 Å². The minimum Gasteiger partial charge on any atom is -0.497 e. The predicted molar refractivity (Wildman–Crippen MR) is 104 cm³/mol. The number of hydrogen-bond acceptors (Lipinski definition) is 5. The minimum atomic E-state index is -0.845. The van der Waals surface area contributed by atoms with Crippen molar-refractivity contribution in [2.75, 3.05) is 19.5 Å². The molecular formula is C20H18FN3O5. The topological polar surface area (TPSA) is 102 Å². The van der Waals surface area contributed by atoms with Crippen LogP contribution in [0.4, 0.5) is 10.1 Å². The molecule has 0 aliphatic rings. The summed E-state index contributed by atoms with van der Waals surface area (Å²) in [5.74, 6) is -0.460. The van der Waals surface area contributed by atoms with Gasteiger partial charge >= 0.3 is 5.69 Å². The van der Waals surface area contributed by atoms with Crippen LogP contribution in [0.15, 0.2) is 58.3 Å². The quantitative estimate of drug-likeness (QED) is 0.660. The van der Waals surface area contributed by atoms with Crippen molar-refractivity contribution in [1.82, 2.24) is 9.55 Å². The van der Waals surface area contributed by atoms with Crippen molar-refractivity contribution >= 4 is 11.6 Å². The Morgan fingerprint density at radius 2 is 1.90 bits per heavy atom. The maximum Gasteiger partial charge on any atom is 0.328 e. The second-order valence-electron chi connectivity index (χ2n) is 6.01. The maximum atomic E-state index is 13.9. The van der Waals surface area contributed by atoms with E-state index in [2.05, 4.69) is 10.3 Å². The number of halogens is 1. The highest BCUT2D eigenvalue weighted by molar-refractivity contribution is 6.04. The molecule has 8 nitrogen and oxygen atoms in total. The van der Waals surface area contributed by atoms with Gasteiger partial charge in [-0.1, -0.05) is 18.2 Å². The number of anilines is 1. The minimum absolute atomic E-state index is 0.148. The first kappa shape index (κ1) is 19.9. The molecule has 2 N–H and O–H groups in total. The number of H-pyrrole nitrogens is 1. The lowest BCUT2D eigenvalue weighted by Crippen LogP contribution is -2.39. The summed E-state index contributed by atoms with van der Waals surface area (Å²) in [7, 11) is 2.91. The van der Waals surface area contributed by atoms with Crippen molar-refractivity contribution in [1.29, 1.82) is 0 Å². The van der Waals surface area contributed by atoms with Gasteiger partial charge in [0.25, 0.3) is 11.5 Å². The van der Waals surface area contributed by atoms with Crippen molar-refractivity contribution in [2.24, 2.45) is 0 Å². The van der Waals surface area contributed by atoms with Gasteiger partial charge in [0.15, 0.2) is 0 Å². The highest BCUT2D eigenvalue weighted by Gasteiger charge is 2.17. The number of hydrogen-bond donors (Lipinski definition) is 2. The fourth-order valence-electron chi connectivity index (χ4n) is 2.71. The van der Waals surface area contributed by atoms with Crippen LogP contribution in [-0.2, 0) is 6.54 Å². The molecule has 3 aromatic rings. The van der Waals surface area contributed by atoms with Gasteiger partial charge in [-0.05, 0) is 18.2 Å². The maximum absolute atomic E-state index is 13.9. The molecule has 1 heterocycles. The largest absolute Gasteiger partial charge is 0.497 e. The summed E-state index contributed by atoms with van der Waals surface area (Å²) in [5.41, 5.74) is -1.45. The average molecular weight is 399 g/mol. The molecule has 2 aromatic carbocycles. The zero-order valence-electron chi connectivity index (χ0n) is 15.7. The summed E-state index contributed by atoms with van der Waals surface area (Å²) in [6, 6.07) is 10.5. The summed E-state index contributed by atoms with van der Waals surface area (Å²) in [6.07, 6.45) is 1.02. The van der Waals surface area contributed by atoms with Crippen LogP contribution in [0.3, 0.4) is 0 Å². The van der Waals surface area contributed by atoms with E-state index in [0.717, 1.165) is 10.8 Å². The van der Waals surface area contributed by atoms with E-state index in [-0.39, 0.29) is 17.7 Å². The standard InChI is InChI=1S/C20H18FN3O5/c1-28-13-7-8-16(17(9-13)29-2)23-18(25)14-10-22-20(27)24(19(14)26)11-12-5-3-4-6-15(12)21/h3-10H,11H2,1-2H3,(H,22,27)(H,23,25). The molecule has 0 spiro atoms. The second-order valence-corrected chi connectivity index (χ2v) is 6.01. The van der Waals surface area contributed by atoms with Crippen LogP contribution in [0.2, 0.25) is 0 Å². The Kier molecular flexibility index (Phi) is 5.77. The van der Waals surface area contributed by atoms with E-state index in [1.54, 1.807) is 24.3 Å². The van der Waals surface area contributed by atoms with Crippen molar-refractivity contribution in [2.45, 2.75) is 6.54 Å². The number of aromatic nitrogens is 2. The summed E-state index contributed by atoms with van der Waals surface area (Å²) in [5, 5.41) is 2.56. The zero-order chi connectivity index (χ0) is 21.0. The number of ether oxygens (including phenoxy) is 2. The van der Waals surface area contributed by atoms with Gasteiger partial charge in [-0.25, -0.2) is 9.18 Å². The first-order chi connectivity index (χ1) is 13.9. The van der Waals surface area contributed by atoms with Crippen LogP contribution < -0.4 is 26.0 Å². The molecule has 1 amide bonds. The number of nitrogens with zero attached hydrogens (tertiary/aromatic N) is 1. The molecule has 0 saturated carbocycles. The van der Waals surface area contributed by atoms with Crippen LogP contribution in [0.25, 0.3) is 0 Å². The van der Waals surface area contributed by atoms with Crippen LogP contribution in [0, 0.1) is 5.82 Å². The lowest BCUT2D eigenvalue weighted by Gasteiger charge is -2.12. The van der Waals surface area contributed by atoms with Crippen LogP contribution in [0.5, 0.6) is 11.5 Å². The van der Waals surface area contributed by atoms with Crippen molar-refractivity contribution in [3.63, 3.8) is 0 Å². The Bertz CT molecular complexity index is 1170. The number of aromatic amines is 1. The summed E-state index contributed by atoms with van der Waals surface area (Å²) in [4.78, 5) is 39.7. The van der Waals surface area contributed by atoms with Crippen LogP contribution >= 0.6 is 0 Å². The van der Waals surface area contributed by atoms with Crippen molar-refractivity contribution in [3.05, 3.63) is 86.4 Å². The Morgan fingerprint density at radius 3 is 2.59 bits per heavy atom. The third kappa shape index (κ3) is 4.18. The van der Waals surface area contributed by atoms with Crippen LogP contribution in [-0.4, -0.2) is 29.7 Å². The van der Waals surface area contributed by atoms with Gasteiger partial charge in [0.05, 0.1) is 26.5 Å². The number of benzene rings is 2. The number of nitrogens with one attached hydrogen (secondary N) is 2. The molecule has 150 valence electrons. The molecule has 0 saturated heterocycles. The van der Waals surface area contributed by atoms with Gasteiger partial charge in [0.2, 0.25) is 0 Å². The Labute approximate surface area is 164 Å². The molecule has 0 unspecified atom stereocenters. The molecule has 1 aromatic heterocycles. The Balaban J connectivity index is 1.94. The lowest BCUT2D eigenvalue weighted by molar-refractivity contribution is 0.102. The number of carbonyl (C=O) groups is 1. The molecule has 3 rings (SSSR count). The van der Waals surface area contributed by atoms with E-state index in [4.69, 9.17) is 9.47 Å². The average Bonchev–Trinajstić information content (AvgIpc) is 2.72. The number of amides is 1. The van der Waals surface area contributed by atoms with E-state index in [1.807, 2.05) is 0 Å². The molecule has 0 atom stereocenters. The van der Waals surface area contributed by atoms with Gasteiger partial charge in [0, 0.05) is 17.8 Å². The van der Waals surface area contributed by atoms with E-state index >= 15 is 0 Å². The first-order valence-electron chi connectivity index (χ1n) is 8.54. The van der Waals surface area contributed by atoms with E-state index in [0.29, 0.717) is 17.2 Å². The monoisotopic (exact) mass is 399 g/mol. The van der Waals surface area contributed by atoms with Gasteiger partial charge in [-0.3, -0.25) is 14.2 Å². The van der Waals surface area contributed by atoms with Crippen molar-refractivity contribution in [3.8, 4) is 11.5 Å². The Hall–Kier alpha value is -3.88. The summed E-state index contributed by atoms with van der Waals surface area (Å²) >= 11 is 0. The highest BCUT2D eigenvalue weighted by atomic mass is 19.1. The number of methoxy groups -OCH3 is 2.